The van der Waals surface area contributed by atoms with Crippen LogP contribution in [0.15, 0.2) is 0 Å². The van der Waals surface area contributed by atoms with E-state index in [4.69, 9.17) is 5.73 Å². The Morgan fingerprint density at radius 1 is 1.11 bits per heavy atom. The molecule has 1 fully saturated rings. The van der Waals surface area contributed by atoms with Gasteiger partial charge in [0.25, 0.3) is 0 Å². The predicted molar refractivity (Wildman–Crippen MR) is 85.4 cm³/mol. The van der Waals surface area contributed by atoms with Crippen molar-refractivity contribution >= 4 is 0 Å². The maximum Gasteiger partial charge on any atom is 0.0354 e. The summed E-state index contributed by atoms with van der Waals surface area (Å²) in [6.07, 6.45) is 13.3. The third kappa shape index (κ3) is 4.46. The quantitative estimate of drug-likeness (QED) is 0.715. The normalized spacial score (nSPS) is 22.4. The van der Waals surface area contributed by atoms with Crippen LogP contribution >= 0.6 is 0 Å². The van der Waals surface area contributed by atoms with E-state index in [0.29, 0.717) is 6.04 Å². The van der Waals surface area contributed by atoms with Crippen LogP contribution in [0.3, 0.4) is 0 Å². The average Bonchev–Trinajstić information content (AvgIpc) is 2.43. The molecule has 1 aliphatic rings. The lowest BCUT2D eigenvalue weighted by Crippen LogP contribution is -2.58. The van der Waals surface area contributed by atoms with Crippen LogP contribution in [0, 0.1) is 5.92 Å². The smallest absolute Gasteiger partial charge is 0.0354 e. The largest absolute Gasteiger partial charge is 0.326 e. The minimum atomic E-state index is 0.276. The summed E-state index contributed by atoms with van der Waals surface area (Å²) in [5.74, 6) is 0.828. The van der Waals surface area contributed by atoms with Crippen molar-refractivity contribution in [3.05, 3.63) is 0 Å². The second-order valence-electron chi connectivity index (χ2n) is 6.82. The summed E-state index contributed by atoms with van der Waals surface area (Å²) >= 11 is 0. The molecule has 19 heavy (non-hydrogen) atoms. The standard InChI is InChI=1S/C17H36N2/c1-5-7-11-15(6-2)14-16(18)17(19(3)4)12-9-8-10-13-17/h15-16H,5-14,18H2,1-4H3. The molecule has 1 saturated carbocycles. The van der Waals surface area contributed by atoms with E-state index in [-0.39, 0.29) is 5.54 Å². The molecule has 2 nitrogen and oxygen atoms in total. The summed E-state index contributed by atoms with van der Waals surface area (Å²) in [6.45, 7) is 4.62. The van der Waals surface area contributed by atoms with Gasteiger partial charge < -0.3 is 10.6 Å². The number of hydrogen-bond acceptors (Lipinski definition) is 2. The van der Waals surface area contributed by atoms with Crippen molar-refractivity contribution in [1.29, 1.82) is 0 Å². The number of unbranched alkanes of at least 4 members (excludes halogenated alkanes) is 1. The molecule has 2 heteroatoms. The summed E-state index contributed by atoms with van der Waals surface area (Å²) in [7, 11) is 4.47. The maximum atomic E-state index is 6.69. The van der Waals surface area contributed by atoms with Gasteiger partial charge in [-0.25, -0.2) is 0 Å². The number of hydrogen-bond donors (Lipinski definition) is 1. The van der Waals surface area contributed by atoms with E-state index >= 15 is 0 Å². The third-order valence-electron chi connectivity index (χ3n) is 5.43. The molecule has 1 rings (SSSR count). The van der Waals surface area contributed by atoms with Gasteiger partial charge in [0.05, 0.1) is 0 Å². The van der Waals surface area contributed by atoms with E-state index < -0.39 is 0 Å². The van der Waals surface area contributed by atoms with Gasteiger partial charge in [-0.3, -0.25) is 0 Å². The zero-order valence-electron chi connectivity index (χ0n) is 13.8. The van der Waals surface area contributed by atoms with E-state index in [1.165, 1.54) is 64.2 Å². The van der Waals surface area contributed by atoms with E-state index in [1.807, 2.05) is 0 Å². The number of nitrogens with zero attached hydrogens (tertiary/aromatic N) is 1. The fourth-order valence-electron chi connectivity index (χ4n) is 3.87. The number of nitrogens with two attached hydrogens (primary N) is 1. The predicted octanol–water partition coefficient (Wildman–Crippen LogP) is 4.18. The molecule has 0 bridgehead atoms. The van der Waals surface area contributed by atoms with Crippen LogP contribution in [0.25, 0.3) is 0 Å². The zero-order valence-corrected chi connectivity index (χ0v) is 13.8. The Labute approximate surface area is 121 Å². The molecule has 114 valence electrons. The van der Waals surface area contributed by atoms with Gasteiger partial charge >= 0.3 is 0 Å². The Bertz CT molecular complexity index is 231. The van der Waals surface area contributed by atoms with E-state index in [0.717, 1.165) is 5.92 Å². The SMILES string of the molecule is CCCCC(CC)CC(N)C1(N(C)C)CCCCC1. The first-order valence-corrected chi connectivity index (χ1v) is 8.49. The van der Waals surface area contributed by atoms with E-state index in [1.54, 1.807) is 0 Å². The fourth-order valence-corrected chi connectivity index (χ4v) is 3.87. The van der Waals surface area contributed by atoms with Crippen LogP contribution in [-0.2, 0) is 0 Å². The molecule has 0 amide bonds. The number of rotatable bonds is 8. The Kier molecular flexibility index (Phi) is 7.38. The lowest BCUT2D eigenvalue weighted by atomic mass is 9.72. The molecule has 2 atom stereocenters. The number of likely N-dealkylation sites (N-methyl/N-ethyl adjacent to an activating group) is 1. The topological polar surface area (TPSA) is 29.3 Å². The monoisotopic (exact) mass is 268 g/mol. The minimum Gasteiger partial charge on any atom is -0.326 e. The highest BCUT2D eigenvalue weighted by Crippen LogP contribution is 2.37. The van der Waals surface area contributed by atoms with Crippen LogP contribution in [0.1, 0.15) is 78.1 Å². The third-order valence-corrected chi connectivity index (χ3v) is 5.43. The minimum absolute atomic E-state index is 0.276. The summed E-state index contributed by atoms with van der Waals surface area (Å²) in [6, 6.07) is 0.351. The van der Waals surface area contributed by atoms with Gasteiger partial charge in [0.2, 0.25) is 0 Å². The molecule has 0 aromatic heterocycles. The highest BCUT2D eigenvalue weighted by molar-refractivity contribution is 4.99. The summed E-state index contributed by atoms with van der Waals surface area (Å²) in [5, 5.41) is 0. The van der Waals surface area contributed by atoms with Crippen molar-refractivity contribution in [2.75, 3.05) is 14.1 Å². The lowest BCUT2D eigenvalue weighted by Gasteiger charge is -2.48. The van der Waals surface area contributed by atoms with Gasteiger partial charge in [-0.2, -0.15) is 0 Å². The average molecular weight is 268 g/mol. The van der Waals surface area contributed by atoms with Crippen molar-refractivity contribution in [3.8, 4) is 0 Å². The van der Waals surface area contributed by atoms with Gasteiger partial charge in [0.15, 0.2) is 0 Å². The second kappa shape index (κ2) is 8.26. The van der Waals surface area contributed by atoms with Gasteiger partial charge in [-0.1, -0.05) is 58.8 Å². The van der Waals surface area contributed by atoms with Crippen molar-refractivity contribution in [2.24, 2.45) is 11.7 Å². The van der Waals surface area contributed by atoms with Gasteiger partial charge in [0.1, 0.15) is 0 Å². The molecule has 0 aromatic carbocycles. The zero-order chi connectivity index (χ0) is 14.3. The van der Waals surface area contributed by atoms with Crippen LogP contribution in [-0.4, -0.2) is 30.6 Å². The first-order valence-electron chi connectivity index (χ1n) is 8.49. The molecular weight excluding hydrogens is 232 g/mol. The molecule has 2 N–H and O–H groups in total. The summed E-state index contributed by atoms with van der Waals surface area (Å²) in [4.78, 5) is 2.43. The fraction of sp³-hybridized carbons (Fsp3) is 1.00. The first-order chi connectivity index (χ1) is 9.06. The van der Waals surface area contributed by atoms with Crippen molar-refractivity contribution < 1.29 is 0 Å². The van der Waals surface area contributed by atoms with E-state index in [2.05, 4.69) is 32.8 Å². The molecule has 0 aromatic rings. The van der Waals surface area contributed by atoms with Gasteiger partial charge in [0, 0.05) is 11.6 Å². The second-order valence-corrected chi connectivity index (χ2v) is 6.82. The Morgan fingerprint density at radius 3 is 2.21 bits per heavy atom. The van der Waals surface area contributed by atoms with Crippen molar-refractivity contribution in [2.45, 2.75) is 89.6 Å². The lowest BCUT2D eigenvalue weighted by molar-refractivity contribution is 0.0611. The molecule has 0 spiro atoms. The Morgan fingerprint density at radius 2 is 1.74 bits per heavy atom. The van der Waals surface area contributed by atoms with Crippen LogP contribution in [0.2, 0.25) is 0 Å². The molecule has 0 saturated heterocycles. The molecule has 2 unspecified atom stereocenters. The maximum absolute atomic E-state index is 6.69. The highest BCUT2D eigenvalue weighted by Gasteiger charge is 2.40. The Hall–Kier alpha value is -0.0800. The van der Waals surface area contributed by atoms with Gasteiger partial charge in [-0.05, 0) is 39.3 Å². The van der Waals surface area contributed by atoms with Crippen LogP contribution < -0.4 is 5.73 Å². The molecule has 0 heterocycles. The van der Waals surface area contributed by atoms with Gasteiger partial charge in [-0.15, -0.1) is 0 Å². The van der Waals surface area contributed by atoms with E-state index in [9.17, 15) is 0 Å². The summed E-state index contributed by atoms with van der Waals surface area (Å²) < 4.78 is 0. The van der Waals surface area contributed by atoms with Crippen LogP contribution in [0.5, 0.6) is 0 Å². The summed E-state index contributed by atoms with van der Waals surface area (Å²) in [5.41, 5.74) is 6.97. The Balaban J connectivity index is 2.62. The van der Waals surface area contributed by atoms with Crippen molar-refractivity contribution in [3.63, 3.8) is 0 Å². The highest BCUT2D eigenvalue weighted by atomic mass is 15.2. The van der Waals surface area contributed by atoms with Crippen molar-refractivity contribution in [1.82, 2.24) is 4.90 Å². The van der Waals surface area contributed by atoms with Crippen LogP contribution in [0.4, 0.5) is 0 Å². The molecule has 0 aliphatic heterocycles. The first kappa shape index (κ1) is 17.0. The molecular formula is C17H36N2. The molecule has 1 aliphatic carbocycles. The molecule has 0 radical (unpaired) electrons.